The number of allylic oxidation sites excluding steroid dienone is 4. The first-order chi connectivity index (χ1) is 17.6. The molecular weight excluding hydrogens is 436 g/mol. The third kappa shape index (κ3) is 3.18. The average molecular weight is 467 g/mol. The molecule has 2 aliphatic heterocycles. The number of fused-ring (bicyclic) bond motifs is 4. The van der Waals surface area contributed by atoms with Gasteiger partial charge in [0.2, 0.25) is 0 Å². The number of anilines is 5. The molecular formula is C34H30N2. The van der Waals surface area contributed by atoms with Crippen molar-refractivity contribution in [3.63, 3.8) is 0 Å². The van der Waals surface area contributed by atoms with Gasteiger partial charge in [-0.15, -0.1) is 0 Å². The highest BCUT2D eigenvalue weighted by molar-refractivity contribution is 6.04. The smallest absolute Gasteiger partial charge is 0.0744 e. The van der Waals surface area contributed by atoms with Gasteiger partial charge < -0.3 is 9.80 Å². The van der Waals surface area contributed by atoms with Crippen LogP contribution in [0.25, 0.3) is 11.1 Å². The molecule has 0 saturated carbocycles. The van der Waals surface area contributed by atoms with Crippen LogP contribution in [0.5, 0.6) is 0 Å². The largest absolute Gasteiger partial charge is 0.306 e. The minimum Gasteiger partial charge on any atom is -0.306 e. The molecule has 0 aliphatic carbocycles. The molecule has 0 fully saturated rings. The van der Waals surface area contributed by atoms with Gasteiger partial charge in [-0.2, -0.15) is 0 Å². The Morgan fingerprint density at radius 2 is 1.44 bits per heavy atom. The lowest BCUT2D eigenvalue weighted by atomic mass is 9.72. The SMILES string of the molecule is C=C/C=C(\C=C/C)N1c2ccc(-c3ccccc3)cc2N2c3ccccc3C(C)(C)c3cccc1c32. The second-order valence-electron chi connectivity index (χ2n) is 9.88. The summed E-state index contributed by atoms with van der Waals surface area (Å²) < 4.78 is 0. The lowest BCUT2D eigenvalue weighted by molar-refractivity contribution is 0.631. The third-order valence-corrected chi connectivity index (χ3v) is 7.42. The first-order valence-corrected chi connectivity index (χ1v) is 12.5. The van der Waals surface area contributed by atoms with Crippen molar-refractivity contribution in [2.24, 2.45) is 0 Å². The second kappa shape index (κ2) is 8.42. The van der Waals surface area contributed by atoms with Crippen LogP contribution in [0.1, 0.15) is 31.9 Å². The van der Waals surface area contributed by atoms with E-state index < -0.39 is 0 Å². The third-order valence-electron chi connectivity index (χ3n) is 7.42. The molecule has 6 rings (SSSR count). The molecule has 0 unspecified atom stereocenters. The predicted octanol–water partition coefficient (Wildman–Crippen LogP) is 9.56. The van der Waals surface area contributed by atoms with E-state index in [4.69, 9.17) is 0 Å². The average Bonchev–Trinajstić information content (AvgIpc) is 2.91. The first-order valence-electron chi connectivity index (χ1n) is 12.5. The van der Waals surface area contributed by atoms with Crippen LogP contribution in [0, 0.1) is 0 Å². The molecule has 2 nitrogen and oxygen atoms in total. The van der Waals surface area contributed by atoms with E-state index >= 15 is 0 Å². The zero-order valence-electron chi connectivity index (χ0n) is 21.1. The molecule has 2 aliphatic rings. The van der Waals surface area contributed by atoms with Crippen molar-refractivity contribution in [2.75, 3.05) is 9.80 Å². The van der Waals surface area contributed by atoms with E-state index in [0.717, 1.165) is 11.4 Å². The zero-order chi connectivity index (χ0) is 24.9. The Balaban J connectivity index is 1.71. The number of nitrogens with zero attached hydrogens (tertiary/aromatic N) is 2. The van der Waals surface area contributed by atoms with E-state index in [2.05, 4.69) is 146 Å². The van der Waals surface area contributed by atoms with Gasteiger partial charge in [-0.25, -0.2) is 0 Å². The first kappa shape index (κ1) is 22.2. The minimum absolute atomic E-state index is 0.123. The summed E-state index contributed by atoms with van der Waals surface area (Å²) in [6.45, 7) is 10.7. The summed E-state index contributed by atoms with van der Waals surface area (Å²) in [6.07, 6.45) is 8.21. The van der Waals surface area contributed by atoms with Crippen molar-refractivity contribution in [1.82, 2.24) is 0 Å². The van der Waals surface area contributed by atoms with E-state index in [0.29, 0.717) is 0 Å². The maximum atomic E-state index is 4.01. The van der Waals surface area contributed by atoms with Gasteiger partial charge in [0.25, 0.3) is 0 Å². The minimum atomic E-state index is -0.123. The molecule has 0 N–H and O–H groups in total. The Hall–Kier alpha value is -4.30. The van der Waals surface area contributed by atoms with Crippen LogP contribution in [-0.4, -0.2) is 0 Å². The van der Waals surface area contributed by atoms with Crippen molar-refractivity contribution in [2.45, 2.75) is 26.2 Å². The van der Waals surface area contributed by atoms with Crippen LogP contribution in [0.15, 0.2) is 128 Å². The fourth-order valence-corrected chi connectivity index (χ4v) is 5.77. The molecule has 0 atom stereocenters. The fourth-order valence-electron chi connectivity index (χ4n) is 5.77. The highest BCUT2D eigenvalue weighted by Crippen LogP contribution is 2.61. The molecule has 0 amide bonds. The van der Waals surface area contributed by atoms with Crippen LogP contribution in [0.4, 0.5) is 28.4 Å². The standard InChI is InChI=1S/C34H30N2/c1-5-13-26(14-6-2)35-30-22-21-25(24-15-8-7-9-16-24)23-32(30)36-29-19-11-10-17-27(29)34(3,4)28-18-12-20-31(35)33(28)36/h5-23H,1H2,2-4H3/b14-6-,26-13+. The number of benzene rings is 4. The number of para-hydroxylation sites is 2. The lowest BCUT2D eigenvalue weighted by Crippen LogP contribution is -2.35. The summed E-state index contributed by atoms with van der Waals surface area (Å²) in [6, 6.07) is 33.0. The van der Waals surface area contributed by atoms with Crippen molar-refractivity contribution >= 4 is 28.4 Å². The van der Waals surface area contributed by atoms with Gasteiger partial charge in [0.15, 0.2) is 0 Å². The van der Waals surface area contributed by atoms with Gasteiger partial charge in [-0.1, -0.05) is 99.3 Å². The molecule has 176 valence electrons. The number of hydrogen-bond donors (Lipinski definition) is 0. The van der Waals surface area contributed by atoms with Gasteiger partial charge in [0.05, 0.1) is 28.4 Å². The molecule has 0 radical (unpaired) electrons. The quantitative estimate of drug-likeness (QED) is 0.276. The molecule has 4 aromatic carbocycles. The van der Waals surface area contributed by atoms with E-state index in [1.54, 1.807) is 0 Å². The Labute approximate surface area is 214 Å². The van der Waals surface area contributed by atoms with Gasteiger partial charge in [-0.3, -0.25) is 0 Å². The van der Waals surface area contributed by atoms with E-state index in [-0.39, 0.29) is 5.41 Å². The summed E-state index contributed by atoms with van der Waals surface area (Å²) in [7, 11) is 0. The fraction of sp³-hybridized carbons (Fsp3) is 0.118. The van der Waals surface area contributed by atoms with Crippen molar-refractivity contribution in [3.8, 4) is 11.1 Å². The van der Waals surface area contributed by atoms with Gasteiger partial charge in [0.1, 0.15) is 0 Å². The van der Waals surface area contributed by atoms with E-state index in [9.17, 15) is 0 Å². The monoisotopic (exact) mass is 466 g/mol. The number of hydrogen-bond acceptors (Lipinski definition) is 2. The molecule has 0 saturated heterocycles. The summed E-state index contributed by atoms with van der Waals surface area (Å²) in [5, 5.41) is 0. The Morgan fingerprint density at radius 1 is 0.722 bits per heavy atom. The maximum Gasteiger partial charge on any atom is 0.0744 e. The molecule has 0 aromatic heterocycles. The van der Waals surface area contributed by atoms with Crippen molar-refractivity contribution < 1.29 is 0 Å². The predicted molar refractivity (Wildman–Crippen MR) is 154 cm³/mol. The maximum absolute atomic E-state index is 4.01. The summed E-state index contributed by atoms with van der Waals surface area (Å²) >= 11 is 0. The molecule has 4 aromatic rings. The van der Waals surface area contributed by atoms with Crippen LogP contribution < -0.4 is 9.80 Å². The van der Waals surface area contributed by atoms with Crippen LogP contribution in [-0.2, 0) is 5.41 Å². The van der Waals surface area contributed by atoms with Crippen LogP contribution in [0.2, 0.25) is 0 Å². The summed E-state index contributed by atoms with van der Waals surface area (Å²) in [5.74, 6) is 0. The van der Waals surface area contributed by atoms with Crippen molar-refractivity contribution in [3.05, 3.63) is 139 Å². The van der Waals surface area contributed by atoms with Gasteiger partial charge in [-0.05, 0) is 65.6 Å². The topological polar surface area (TPSA) is 6.48 Å². The highest BCUT2D eigenvalue weighted by Gasteiger charge is 2.42. The Morgan fingerprint density at radius 3 is 2.22 bits per heavy atom. The molecule has 2 heteroatoms. The molecule has 2 heterocycles. The second-order valence-corrected chi connectivity index (χ2v) is 9.88. The van der Waals surface area contributed by atoms with Crippen LogP contribution in [0.3, 0.4) is 0 Å². The summed E-state index contributed by atoms with van der Waals surface area (Å²) in [5.41, 5.74) is 12.1. The molecule has 0 bridgehead atoms. The van der Waals surface area contributed by atoms with Gasteiger partial charge in [0, 0.05) is 11.1 Å². The van der Waals surface area contributed by atoms with Crippen molar-refractivity contribution in [1.29, 1.82) is 0 Å². The molecule has 0 spiro atoms. The zero-order valence-corrected chi connectivity index (χ0v) is 21.1. The molecule has 36 heavy (non-hydrogen) atoms. The van der Waals surface area contributed by atoms with Gasteiger partial charge >= 0.3 is 0 Å². The van der Waals surface area contributed by atoms with E-state index in [1.165, 1.54) is 45.0 Å². The highest BCUT2D eigenvalue weighted by atomic mass is 15.3. The number of rotatable bonds is 4. The Kier molecular flexibility index (Phi) is 5.19. The Bertz CT molecular complexity index is 1540. The van der Waals surface area contributed by atoms with Crippen LogP contribution >= 0.6 is 0 Å². The normalized spacial score (nSPS) is 15.4. The lowest BCUT2D eigenvalue weighted by Gasteiger charge is -2.48. The summed E-state index contributed by atoms with van der Waals surface area (Å²) in [4.78, 5) is 4.86. The van der Waals surface area contributed by atoms with E-state index in [1.807, 2.05) is 6.08 Å².